The number of nitrogens with zero attached hydrogens (tertiary/aromatic N) is 1. The third-order valence-electron chi connectivity index (χ3n) is 21.8. The molecule has 0 radical (unpaired) electrons. The van der Waals surface area contributed by atoms with E-state index in [2.05, 4.69) is 114 Å². The lowest BCUT2D eigenvalue weighted by molar-refractivity contribution is -0.0700. The van der Waals surface area contributed by atoms with Gasteiger partial charge in [-0.25, -0.2) is 0 Å². The van der Waals surface area contributed by atoms with Gasteiger partial charge in [0.15, 0.2) is 0 Å². The first-order valence-corrected chi connectivity index (χ1v) is 30.5. The van der Waals surface area contributed by atoms with Crippen molar-refractivity contribution >= 4 is 0 Å². The lowest BCUT2D eigenvalue weighted by atomic mass is 9.47. The van der Waals surface area contributed by atoms with Gasteiger partial charge in [-0.2, -0.15) is 0 Å². The number of fused-ring (bicyclic) bond motifs is 7. The fraction of sp³-hybridized carbons (Fsp3) is 1.00. The molecule has 5 saturated heterocycles. The van der Waals surface area contributed by atoms with Crippen LogP contribution in [0.3, 0.4) is 0 Å². The van der Waals surface area contributed by atoms with Crippen molar-refractivity contribution in [2.45, 2.75) is 290 Å². The van der Waals surface area contributed by atoms with Crippen molar-refractivity contribution in [3.8, 4) is 0 Å². The van der Waals surface area contributed by atoms with Gasteiger partial charge in [-0.05, 0) is 220 Å². The smallest absolute Gasteiger partial charge is 0.0101 e. The van der Waals surface area contributed by atoms with Crippen LogP contribution in [0.1, 0.15) is 278 Å². The van der Waals surface area contributed by atoms with Crippen molar-refractivity contribution in [3.05, 3.63) is 0 Å². The Balaban J connectivity index is 0.000000148. The van der Waals surface area contributed by atoms with Gasteiger partial charge >= 0.3 is 0 Å². The van der Waals surface area contributed by atoms with Gasteiger partial charge in [0.25, 0.3) is 0 Å². The first kappa shape index (κ1) is 56.8. The summed E-state index contributed by atoms with van der Waals surface area (Å²) in [5.74, 6) is 12.7. The maximum absolute atomic E-state index is 3.66. The number of hydrogen-bond donors (Lipinski definition) is 1. The minimum absolute atomic E-state index is 0.527. The van der Waals surface area contributed by atoms with Gasteiger partial charge in [0, 0.05) is 12.1 Å². The summed E-state index contributed by atoms with van der Waals surface area (Å²) in [5.41, 5.74) is 3.23. The van der Waals surface area contributed by atoms with E-state index in [0.29, 0.717) is 21.7 Å². The highest BCUT2D eigenvalue weighted by atomic mass is 15.1. The Morgan fingerprint density at radius 1 is 0.485 bits per heavy atom. The molecule has 0 aromatic heterocycles. The van der Waals surface area contributed by atoms with Crippen LogP contribution in [0.15, 0.2) is 0 Å². The normalized spacial score (nSPS) is 37.1. The Morgan fingerprint density at radius 3 is 1.30 bits per heavy atom. The fourth-order valence-electron chi connectivity index (χ4n) is 16.4. The van der Waals surface area contributed by atoms with E-state index in [-0.39, 0.29) is 0 Å². The summed E-state index contributed by atoms with van der Waals surface area (Å²) < 4.78 is 0. The summed E-state index contributed by atoms with van der Waals surface area (Å²) in [6.45, 7) is 44.0. The minimum atomic E-state index is 0.527. The maximum atomic E-state index is 3.66. The molecular weight excluding hydrogens is 797 g/mol. The average molecular weight is 920 g/mol. The Kier molecular flexibility index (Phi) is 21.1. The summed E-state index contributed by atoms with van der Waals surface area (Å²) >= 11 is 0. The van der Waals surface area contributed by atoms with Crippen LogP contribution in [0.2, 0.25) is 0 Å². The SMILES string of the molecule is CC.CC(C)(C)C12CCN(CC1)CC2.CC(C)(C)C1CC2(CCC2)C1.CC(C)(C)C1CCCCCC1.CC(C)C1C2CCCC21.CC(C)C1CC2CCC1N2.CC(C)C1CC2CCCC2C1. The molecule has 7 unspecified atom stereocenters. The Bertz CT molecular complexity index is 1300. The quantitative estimate of drug-likeness (QED) is 0.284. The maximum Gasteiger partial charge on any atom is 0.0101 e. The van der Waals surface area contributed by atoms with Crippen molar-refractivity contribution in [1.82, 2.24) is 10.2 Å². The topological polar surface area (TPSA) is 15.3 Å². The van der Waals surface area contributed by atoms with E-state index >= 15 is 0 Å². The molecule has 5 heterocycles. The lowest BCUT2D eigenvalue weighted by Crippen LogP contribution is -2.53. The summed E-state index contributed by atoms with van der Waals surface area (Å²) in [6, 6.07) is 1.77. The standard InChI is InChI=1S/C11H21N.2C11H20.C11H22.C9H17N.C9H16.C2H6/c1-10(2,3)11-4-7-12(8-5-11)9-6-11;1-10(2,3)9-7-11(8-9)5-4-6-11;1-8(2)11-6-9-4-3-5-10(9)7-11;1-11(2,3)10-8-6-4-5-7-9-10;1-6(2)8-5-7-3-4-9(8)10-7;1-6(2)9-7-4-3-5-8(7)9;1-2/h4-9H2,1-3H3;9H,4-8H2,1-3H3;8-11H,3-7H2,1-2H3;10H,4-9H2,1-3H3;6-10H,3-5H2,1-2H3;6-9H,3-5H2,1-2H3;1-2H3. The van der Waals surface area contributed by atoms with E-state index in [1.165, 1.54) is 141 Å². The molecule has 7 atom stereocenters. The van der Waals surface area contributed by atoms with E-state index < -0.39 is 0 Å². The first-order valence-electron chi connectivity index (χ1n) is 30.5. The third-order valence-corrected chi connectivity index (χ3v) is 21.8. The van der Waals surface area contributed by atoms with Crippen molar-refractivity contribution in [2.24, 2.45) is 98.1 Å². The summed E-state index contributed by atoms with van der Waals surface area (Å²) in [4.78, 5) is 2.62. The van der Waals surface area contributed by atoms with Gasteiger partial charge in [0.05, 0.1) is 0 Å². The number of rotatable bonds is 3. The molecule has 7 aliphatic carbocycles. The van der Waals surface area contributed by atoms with Crippen LogP contribution in [0, 0.1) is 98.1 Å². The van der Waals surface area contributed by atoms with Crippen molar-refractivity contribution in [1.29, 1.82) is 0 Å². The predicted octanol–water partition coefficient (Wildman–Crippen LogP) is 19.1. The lowest BCUT2D eigenvalue weighted by Gasteiger charge is -2.58. The second kappa shape index (κ2) is 24.6. The van der Waals surface area contributed by atoms with Crippen LogP contribution in [0.5, 0.6) is 0 Å². The molecule has 5 aliphatic heterocycles. The molecule has 0 amide bonds. The predicted molar refractivity (Wildman–Crippen MR) is 293 cm³/mol. The zero-order valence-electron chi connectivity index (χ0n) is 48.3. The van der Waals surface area contributed by atoms with Gasteiger partial charge in [-0.1, -0.05) is 175 Å². The number of nitrogens with one attached hydrogen (secondary N) is 1. The van der Waals surface area contributed by atoms with E-state index in [9.17, 15) is 0 Å². The average Bonchev–Trinajstić information content (AvgIpc) is 3.86. The summed E-state index contributed by atoms with van der Waals surface area (Å²) in [7, 11) is 0. The molecule has 0 aromatic carbocycles. The van der Waals surface area contributed by atoms with Crippen LogP contribution < -0.4 is 5.32 Å². The molecule has 4 bridgehead atoms. The molecule has 7 saturated carbocycles. The second-order valence-electron chi connectivity index (χ2n) is 29.7. The molecule has 12 rings (SSSR count). The highest BCUT2D eigenvalue weighted by Gasteiger charge is 2.53. The molecular formula is C64H122N2. The summed E-state index contributed by atoms with van der Waals surface area (Å²) in [5, 5.41) is 3.66. The van der Waals surface area contributed by atoms with Gasteiger partial charge in [0.2, 0.25) is 0 Å². The highest BCUT2D eigenvalue weighted by Crippen LogP contribution is 2.63. The van der Waals surface area contributed by atoms with Gasteiger partial charge < -0.3 is 10.2 Å². The zero-order valence-corrected chi connectivity index (χ0v) is 48.3. The summed E-state index contributed by atoms with van der Waals surface area (Å²) in [6.07, 6.45) is 37.5. The Labute approximate surface area is 416 Å². The van der Waals surface area contributed by atoms with E-state index in [0.717, 1.165) is 76.7 Å². The van der Waals surface area contributed by atoms with Crippen molar-refractivity contribution in [3.63, 3.8) is 0 Å². The number of hydrogen-bond acceptors (Lipinski definition) is 2. The fourth-order valence-corrected chi connectivity index (χ4v) is 16.4. The van der Waals surface area contributed by atoms with Crippen LogP contribution in [0.4, 0.5) is 0 Å². The van der Waals surface area contributed by atoms with Crippen molar-refractivity contribution in [2.75, 3.05) is 19.6 Å². The first-order chi connectivity index (χ1) is 31.0. The molecule has 12 fully saturated rings. The van der Waals surface area contributed by atoms with Crippen LogP contribution >= 0.6 is 0 Å². The molecule has 2 heteroatoms. The minimum Gasteiger partial charge on any atom is -0.311 e. The zero-order chi connectivity index (χ0) is 48.7. The molecule has 1 spiro atoms. The van der Waals surface area contributed by atoms with Crippen molar-refractivity contribution < 1.29 is 0 Å². The molecule has 0 aromatic rings. The van der Waals surface area contributed by atoms with Gasteiger partial charge in [-0.3, -0.25) is 0 Å². The Hall–Kier alpha value is -0.0800. The largest absolute Gasteiger partial charge is 0.311 e. The third kappa shape index (κ3) is 15.2. The van der Waals surface area contributed by atoms with E-state index in [1.807, 2.05) is 13.8 Å². The molecule has 1 N–H and O–H groups in total. The molecule has 388 valence electrons. The highest BCUT2D eigenvalue weighted by molar-refractivity contribution is 5.03. The molecule has 66 heavy (non-hydrogen) atoms. The van der Waals surface area contributed by atoms with Crippen LogP contribution in [-0.4, -0.2) is 36.6 Å². The second-order valence-corrected chi connectivity index (χ2v) is 29.7. The Morgan fingerprint density at radius 2 is 0.985 bits per heavy atom. The van der Waals surface area contributed by atoms with Gasteiger partial charge in [-0.15, -0.1) is 0 Å². The number of piperidine rings is 3. The van der Waals surface area contributed by atoms with Gasteiger partial charge in [0.1, 0.15) is 0 Å². The van der Waals surface area contributed by atoms with Crippen LogP contribution in [-0.2, 0) is 0 Å². The van der Waals surface area contributed by atoms with Crippen LogP contribution in [0.25, 0.3) is 0 Å². The molecule has 2 nitrogen and oxygen atoms in total. The van der Waals surface area contributed by atoms with E-state index in [4.69, 9.17) is 0 Å². The molecule has 12 aliphatic rings. The van der Waals surface area contributed by atoms with E-state index in [1.54, 1.807) is 51.4 Å². The monoisotopic (exact) mass is 919 g/mol.